The Balaban J connectivity index is 2.40. The van der Waals surface area contributed by atoms with Crippen LogP contribution in [0.2, 0.25) is 0 Å². The number of aliphatic hydroxyl groups is 1. The largest absolute Gasteiger partial charge is 0.393 e. The highest BCUT2D eigenvalue weighted by atomic mass is 32.2. The van der Waals surface area contributed by atoms with Crippen molar-refractivity contribution in [1.82, 2.24) is 9.55 Å². The predicted octanol–water partition coefficient (Wildman–Crippen LogP) is -0.975. The highest BCUT2D eigenvalue weighted by molar-refractivity contribution is 8.00. The first-order chi connectivity index (χ1) is 8.52. The molecule has 1 fully saturated rings. The zero-order chi connectivity index (χ0) is 13.3. The van der Waals surface area contributed by atoms with Gasteiger partial charge in [0.2, 0.25) is 0 Å². The molecular formula is C8H9N3O6S. The van der Waals surface area contributed by atoms with Crippen LogP contribution in [0.5, 0.6) is 0 Å². The van der Waals surface area contributed by atoms with Crippen LogP contribution in [0, 0.1) is 10.1 Å². The number of hydrogen-bond donors (Lipinski definition) is 2. The van der Waals surface area contributed by atoms with Gasteiger partial charge in [-0.2, -0.15) is 0 Å². The summed E-state index contributed by atoms with van der Waals surface area (Å²) in [5.74, 6) is 0.355. The molecule has 1 aliphatic heterocycles. The van der Waals surface area contributed by atoms with Crippen molar-refractivity contribution >= 4 is 17.4 Å². The minimum Gasteiger partial charge on any atom is -0.393 e. The Labute approximate surface area is 104 Å². The predicted molar refractivity (Wildman–Crippen MR) is 61.4 cm³/mol. The van der Waals surface area contributed by atoms with Crippen LogP contribution in [0.3, 0.4) is 0 Å². The summed E-state index contributed by atoms with van der Waals surface area (Å²) in [5.41, 5.74) is -3.04. The molecule has 2 atom stereocenters. The summed E-state index contributed by atoms with van der Waals surface area (Å²) in [5, 5.41) is 19.5. The number of H-pyrrole nitrogens is 1. The third kappa shape index (κ3) is 2.30. The molecule has 0 amide bonds. The van der Waals surface area contributed by atoms with Crippen molar-refractivity contribution in [1.29, 1.82) is 0 Å². The highest BCUT2D eigenvalue weighted by Crippen LogP contribution is 2.30. The van der Waals surface area contributed by atoms with Gasteiger partial charge >= 0.3 is 16.9 Å². The van der Waals surface area contributed by atoms with Crippen LogP contribution < -0.4 is 11.2 Å². The van der Waals surface area contributed by atoms with Crippen LogP contribution in [-0.4, -0.2) is 37.4 Å². The van der Waals surface area contributed by atoms with E-state index in [9.17, 15) is 19.7 Å². The van der Waals surface area contributed by atoms with Crippen LogP contribution in [0.25, 0.3) is 0 Å². The molecule has 0 spiro atoms. The van der Waals surface area contributed by atoms with Crippen LogP contribution in [0.4, 0.5) is 5.69 Å². The number of aliphatic hydroxyl groups excluding tert-OH is 1. The van der Waals surface area contributed by atoms with Gasteiger partial charge in [0.15, 0.2) is 0 Å². The summed E-state index contributed by atoms with van der Waals surface area (Å²) in [6.45, 7) is -0.221. The number of nitrogens with zero attached hydrogens (tertiary/aromatic N) is 2. The second-order valence-electron chi connectivity index (χ2n) is 3.47. The van der Waals surface area contributed by atoms with E-state index in [4.69, 9.17) is 9.84 Å². The fraction of sp³-hybridized carbons (Fsp3) is 0.500. The topological polar surface area (TPSA) is 127 Å². The summed E-state index contributed by atoms with van der Waals surface area (Å²) in [7, 11) is 0. The Bertz CT molecular complexity index is 581. The highest BCUT2D eigenvalue weighted by Gasteiger charge is 2.29. The molecule has 18 heavy (non-hydrogen) atoms. The van der Waals surface area contributed by atoms with Crippen molar-refractivity contribution in [3.8, 4) is 0 Å². The summed E-state index contributed by atoms with van der Waals surface area (Å²) >= 11 is 1.28. The van der Waals surface area contributed by atoms with Crippen molar-refractivity contribution in [2.75, 3.05) is 12.4 Å². The first-order valence-corrected chi connectivity index (χ1v) is 5.95. The van der Waals surface area contributed by atoms with Gasteiger partial charge in [-0.1, -0.05) is 0 Å². The van der Waals surface area contributed by atoms with E-state index >= 15 is 0 Å². The van der Waals surface area contributed by atoms with Crippen molar-refractivity contribution in [3.05, 3.63) is 37.1 Å². The smallest absolute Gasteiger partial charge is 0.350 e. The molecule has 1 aromatic heterocycles. The third-order valence-electron chi connectivity index (χ3n) is 2.34. The molecule has 1 aromatic rings. The van der Waals surface area contributed by atoms with E-state index < -0.39 is 33.5 Å². The van der Waals surface area contributed by atoms with Gasteiger partial charge in [-0.05, 0) is 0 Å². The van der Waals surface area contributed by atoms with Crippen molar-refractivity contribution < 1.29 is 14.8 Å². The molecule has 0 aliphatic carbocycles. The van der Waals surface area contributed by atoms with Gasteiger partial charge in [0, 0.05) is 5.75 Å². The van der Waals surface area contributed by atoms with Gasteiger partial charge in [0.1, 0.15) is 11.7 Å². The lowest BCUT2D eigenvalue weighted by Crippen LogP contribution is -2.34. The molecule has 0 bridgehead atoms. The Hall–Kier alpha value is -1.65. The van der Waals surface area contributed by atoms with Crippen LogP contribution in [0.15, 0.2) is 15.8 Å². The molecular weight excluding hydrogens is 266 g/mol. The fourth-order valence-electron chi connectivity index (χ4n) is 1.50. The zero-order valence-corrected chi connectivity index (χ0v) is 9.75. The summed E-state index contributed by atoms with van der Waals surface area (Å²) in [6.07, 6.45) is 0.113. The standard InChI is InChI=1S/C8H9N3O6S/c12-2-6-17-5(3-18-6)10-1-4(11(15)16)7(13)9-8(10)14/h1,5-6,12H,2-3H2,(H,9,13,14)/t5-,6+/m1/s1. The minimum absolute atomic E-state index is 0.221. The maximum Gasteiger partial charge on any atom is 0.350 e. The molecule has 0 saturated carbocycles. The van der Waals surface area contributed by atoms with E-state index in [1.807, 2.05) is 4.98 Å². The SMILES string of the molecule is O=c1[nH]c(=O)n([C@H]2CS[C@@H](CO)O2)cc1[N+](=O)[O-]. The first kappa shape index (κ1) is 12.8. The summed E-state index contributed by atoms with van der Waals surface area (Å²) in [4.78, 5) is 34.3. The fourth-order valence-corrected chi connectivity index (χ4v) is 2.43. The van der Waals surface area contributed by atoms with Gasteiger partial charge in [-0.15, -0.1) is 11.8 Å². The molecule has 2 rings (SSSR count). The minimum atomic E-state index is -1.05. The van der Waals surface area contributed by atoms with E-state index in [0.717, 1.165) is 10.8 Å². The molecule has 98 valence electrons. The Morgan fingerprint density at radius 1 is 1.67 bits per heavy atom. The van der Waals surface area contributed by atoms with Crippen LogP contribution in [-0.2, 0) is 4.74 Å². The van der Waals surface area contributed by atoms with E-state index in [2.05, 4.69) is 0 Å². The Kier molecular flexibility index (Phi) is 3.50. The molecule has 9 nitrogen and oxygen atoms in total. The normalized spacial score (nSPS) is 23.2. The number of hydrogen-bond acceptors (Lipinski definition) is 7. The number of nitrogens with one attached hydrogen (secondary N) is 1. The number of rotatable bonds is 3. The average molecular weight is 275 g/mol. The van der Waals surface area contributed by atoms with Gasteiger partial charge in [-0.3, -0.25) is 24.5 Å². The lowest BCUT2D eigenvalue weighted by Gasteiger charge is -2.12. The third-order valence-corrected chi connectivity index (χ3v) is 3.45. The van der Waals surface area contributed by atoms with Gasteiger partial charge in [0.05, 0.1) is 17.7 Å². The van der Waals surface area contributed by atoms with E-state index in [1.54, 1.807) is 0 Å². The Morgan fingerprint density at radius 3 is 2.94 bits per heavy atom. The quantitative estimate of drug-likeness (QED) is 0.536. The molecule has 1 saturated heterocycles. The number of aromatic nitrogens is 2. The Morgan fingerprint density at radius 2 is 2.39 bits per heavy atom. The molecule has 2 heterocycles. The van der Waals surface area contributed by atoms with Crippen LogP contribution >= 0.6 is 11.8 Å². The van der Waals surface area contributed by atoms with Gasteiger partial charge in [-0.25, -0.2) is 4.79 Å². The zero-order valence-electron chi connectivity index (χ0n) is 8.94. The van der Waals surface area contributed by atoms with Gasteiger partial charge < -0.3 is 9.84 Å². The second-order valence-corrected chi connectivity index (χ2v) is 4.67. The monoisotopic (exact) mass is 275 g/mol. The number of nitro groups is 1. The van der Waals surface area contributed by atoms with E-state index in [-0.39, 0.29) is 6.61 Å². The molecule has 1 aliphatic rings. The first-order valence-electron chi connectivity index (χ1n) is 4.90. The molecule has 0 unspecified atom stereocenters. The van der Waals surface area contributed by atoms with Gasteiger partial charge in [0.25, 0.3) is 0 Å². The van der Waals surface area contributed by atoms with Crippen LogP contribution in [0.1, 0.15) is 6.23 Å². The summed E-state index contributed by atoms with van der Waals surface area (Å²) in [6, 6.07) is 0. The molecule has 0 aromatic carbocycles. The van der Waals surface area contributed by atoms with Crippen molar-refractivity contribution in [2.45, 2.75) is 11.7 Å². The average Bonchev–Trinajstić information content (AvgIpc) is 2.77. The van der Waals surface area contributed by atoms with Crippen molar-refractivity contribution in [3.63, 3.8) is 0 Å². The molecule has 0 radical (unpaired) electrons. The molecule has 2 N–H and O–H groups in total. The maximum atomic E-state index is 11.5. The number of ether oxygens (including phenoxy) is 1. The lowest BCUT2D eigenvalue weighted by atomic mass is 10.5. The molecule has 10 heteroatoms. The maximum absolute atomic E-state index is 11.5. The van der Waals surface area contributed by atoms with E-state index in [1.165, 1.54) is 11.8 Å². The summed E-state index contributed by atoms with van der Waals surface area (Å²) < 4.78 is 6.23. The second kappa shape index (κ2) is 4.92. The number of thioether (sulfide) groups is 1. The lowest BCUT2D eigenvalue weighted by molar-refractivity contribution is -0.387. The van der Waals surface area contributed by atoms with E-state index in [0.29, 0.717) is 5.75 Å². The number of aromatic amines is 1. The van der Waals surface area contributed by atoms with Crippen molar-refractivity contribution in [2.24, 2.45) is 0 Å².